The molecule has 0 atom stereocenters. The summed E-state index contributed by atoms with van der Waals surface area (Å²) in [5.41, 5.74) is 6.67. The SMILES string of the molecule is CC(C)CCSc1ccc(CCN)c(Cl)c1. The van der Waals surface area contributed by atoms with Crippen LogP contribution in [-0.2, 0) is 6.42 Å². The Morgan fingerprint density at radius 3 is 2.69 bits per heavy atom. The average Bonchev–Trinajstić information content (AvgIpc) is 2.21. The predicted octanol–water partition coefficient (Wildman–Crippen LogP) is 3.98. The molecule has 0 heterocycles. The molecule has 0 amide bonds. The highest BCUT2D eigenvalue weighted by atomic mass is 35.5. The van der Waals surface area contributed by atoms with E-state index >= 15 is 0 Å². The Bertz CT molecular complexity index is 326. The third-order valence-electron chi connectivity index (χ3n) is 2.40. The third-order valence-corrected chi connectivity index (χ3v) is 3.78. The van der Waals surface area contributed by atoms with E-state index in [-0.39, 0.29) is 0 Å². The predicted molar refractivity (Wildman–Crippen MR) is 74.4 cm³/mol. The van der Waals surface area contributed by atoms with Gasteiger partial charge in [0.15, 0.2) is 0 Å². The molecule has 0 aromatic heterocycles. The summed E-state index contributed by atoms with van der Waals surface area (Å²) >= 11 is 8.05. The van der Waals surface area contributed by atoms with Crippen LogP contribution in [0.5, 0.6) is 0 Å². The Morgan fingerprint density at radius 1 is 1.38 bits per heavy atom. The number of rotatable bonds is 6. The van der Waals surface area contributed by atoms with Crippen LogP contribution in [0.15, 0.2) is 23.1 Å². The highest BCUT2D eigenvalue weighted by molar-refractivity contribution is 7.99. The van der Waals surface area contributed by atoms with Crippen molar-refractivity contribution in [1.29, 1.82) is 0 Å². The van der Waals surface area contributed by atoms with Gasteiger partial charge < -0.3 is 5.73 Å². The van der Waals surface area contributed by atoms with Crippen molar-refractivity contribution in [3.8, 4) is 0 Å². The molecule has 0 bridgehead atoms. The molecule has 90 valence electrons. The van der Waals surface area contributed by atoms with Crippen molar-refractivity contribution < 1.29 is 0 Å². The van der Waals surface area contributed by atoms with Crippen LogP contribution in [0.25, 0.3) is 0 Å². The minimum absolute atomic E-state index is 0.652. The summed E-state index contributed by atoms with van der Waals surface area (Å²) < 4.78 is 0. The molecule has 0 fully saturated rings. The van der Waals surface area contributed by atoms with Crippen molar-refractivity contribution in [3.63, 3.8) is 0 Å². The van der Waals surface area contributed by atoms with Crippen molar-refractivity contribution in [2.75, 3.05) is 12.3 Å². The normalized spacial score (nSPS) is 11.1. The summed E-state index contributed by atoms with van der Waals surface area (Å²) in [5.74, 6) is 1.92. The Labute approximate surface area is 108 Å². The van der Waals surface area contributed by atoms with Crippen molar-refractivity contribution in [1.82, 2.24) is 0 Å². The highest BCUT2D eigenvalue weighted by Crippen LogP contribution is 2.26. The fraction of sp³-hybridized carbons (Fsp3) is 0.538. The topological polar surface area (TPSA) is 26.0 Å². The van der Waals surface area contributed by atoms with Crippen LogP contribution in [0.1, 0.15) is 25.8 Å². The molecule has 1 rings (SSSR count). The number of thioether (sulfide) groups is 1. The molecule has 1 nitrogen and oxygen atoms in total. The van der Waals surface area contributed by atoms with Gasteiger partial charge in [0.05, 0.1) is 0 Å². The monoisotopic (exact) mass is 257 g/mol. The second-order valence-electron chi connectivity index (χ2n) is 4.32. The lowest BCUT2D eigenvalue weighted by molar-refractivity contribution is 0.632. The van der Waals surface area contributed by atoms with E-state index in [0.29, 0.717) is 6.54 Å². The van der Waals surface area contributed by atoms with Gasteiger partial charge in [-0.15, -0.1) is 11.8 Å². The lowest BCUT2D eigenvalue weighted by Gasteiger charge is -2.07. The van der Waals surface area contributed by atoms with Gasteiger partial charge in [0, 0.05) is 9.92 Å². The average molecular weight is 258 g/mol. The van der Waals surface area contributed by atoms with E-state index in [0.717, 1.165) is 28.7 Å². The van der Waals surface area contributed by atoms with Crippen molar-refractivity contribution in [3.05, 3.63) is 28.8 Å². The van der Waals surface area contributed by atoms with E-state index in [9.17, 15) is 0 Å². The van der Waals surface area contributed by atoms with Crippen molar-refractivity contribution in [2.24, 2.45) is 11.7 Å². The smallest absolute Gasteiger partial charge is 0.0449 e. The molecule has 0 saturated carbocycles. The first-order chi connectivity index (χ1) is 7.63. The second kappa shape index (κ2) is 7.21. The summed E-state index contributed by atoms with van der Waals surface area (Å²) in [5, 5.41) is 0.847. The van der Waals surface area contributed by atoms with Gasteiger partial charge in [-0.1, -0.05) is 31.5 Å². The van der Waals surface area contributed by atoms with E-state index in [2.05, 4.69) is 32.0 Å². The first-order valence-electron chi connectivity index (χ1n) is 5.74. The number of nitrogens with two attached hydrogens (primary N) is 1. The fourth-order valence-corrected chi connectivity index (χ4v) is 2.92. The number of benzene rings is 1. The molecule has 0 unspecified atom stereocenters. The van der Waals surface area contributed by atoms with Gasteiger partial charge in [-0.3, -0.25) is 0 Å². The molecular weight excluding hydrogens is 238 g/mol. The number of hydrogen-bond donors (Lipinski definition) is 1. The van der Waals surface area contributed by atoms with Crippen LogP contribution in [0, 0.1) is 5.92 Å². The maximum absolute atomic E-state index is 6.18. The maximum Gasteiger partial charge on any atom is 0.0449 e. The van der Waals surface area contributed by atoms with E-state index in [1.54, 1.807) is 0 Å². The molecule has 0 spiro atoms. The minimum Gasteiger partial charge on any atom is -0.330 e. The lowest BCUT2D eigenvalue weighted by atomic mass is 10.1. The maximum atomic E-state index is 6.18. The van der Waals surface area contributed by atoms with Crippen LogP contribution in [-0.4, -0.2) is 12.3 Å². The van der Waals surface area contributed by atoms with Crippen LogP contribution in [0.2, 0.25) is 5.02 Å². The zero-order valence-electron chi connectivity index (χ0n) is 10.0. The summed E-state index contributed by atoms with van der Waals surface area (Å²) in [7, 11) is 0. The van der Waals surface area contributed by atoms with Gasteiger partial charge in [-0.25, -0.2) is 0 Å². The van der Waals surface area contributed by atoms with Gasteiger partial charge >= 0.3 is 0 Å². The molecule has 0 aliphatic rings. The zero-order valence-corrected chi connectivity index (χ0v) is 11.6. The molecule has 0 aliphatic carbocycles. The molecule has 0 aliphatic heterocycles. The molecule has 0 saturated heterocycles. The third kappa shape index (κ3) is 4.77. The quantitative estimate of drug-likeness (QED) is 0.781. The molecule has 1 aromatic rings. The summed E-state index contributed by atoms with van der Waals surface area (Å²) in [6.07, 6.45) is 2.10. The standard InChI is InChI=1S/C13H20ClNS/c1-10(2)6-8-16-12-4-3-11(5-7-15)13(14)9-12/h3-4,9-10H,5-8,15H2,1-2H3. The number of halogens is 1. The first kappa shape index (κ1) is 13.9. The van der Waals surface area contributed by atoms with Gasteiger partial charge in [0.2, 0.25) is 0 Å². The Hall–Kier alpha value is -0.180. The fourth-order valence-electron chi connectivity index (χ4n) is 1.39. The Kier molecular flexibility index (Phi) is 6.25. The lowest BCUT2D eigenvalue weighted by Crippen LogP contribution is -2.03. The van der Waals surface area contributed by atoms with Gasteiger partial charge in [0.25, 0.3) is 0 Å². The van der Waals surface area contributed by atoms with Gasteiger partial charge in [0.1, 0.15) is 0 Å². The molecule has 2 N–H and O–H groups in total. The molecule has 0 radical (unpaired) electrons. The minimum atomic E-state index is 0.652. The van der Waals surface area contributed by atoms with Gasteiger partial charge in [-0.05, 0) is 48.8 Å². The van der Waals surface area contributed by atoms with Crippen LogP contribution in [0.4, 0.5) is 0 Å². The zero-order chi connectivity index (χ0) is 12.0. The summed E-state index contributed by atoms with van der Waals surface area (Å²) in [4.78, 5) is 1.26. The Morgan fingerprint density at radius 2 is 2.12 bits per heavy atom. The van der Waals surface area contributed by atoms with Gasteiger partial charge in [-0.2, -0.15) is 0 Å². The summed E-state index contributed by atoms with van der Waals surface area (Å²) in [6, 6.07) is 6.28. The van der Waals surface area contributed by atoms with Crippen molar-refractivity contribution in [2.45, 2.75) is 31.6 Å². The van der Waals surface area contributed by atoms with Crippen LogP contribution >= 0.6 is 23.4 Å². The molecule has 3 heteroatoms. The van der Waals surface area contributed by atoms with E-state index in [1.165, 1.54) is 11.3 Å². The first-order valence-corrected chi connectivity index (χ1v) is 7.11. The highest BCUT2D eigenvalue weighted by Gasteiger charge is 2.02. The molecule has 1 aromatic carbocycles. The molecule has 16 heavy (non-hydrogen) atoms. The second-order valence-corrected chi connectivity index (χ2v) is 5.90. The largest absolute Gasteiger partial charge is 0.330 e. The van der Waals surface area contributed by atoms with Crippen LogP contribution < -0.4 is 5.73 Å². The van der Waals surface area contributed by atoms with Crippen LogP contribution in [0.3, 0.4) is 0 Å². The van der Waals surface area contributed by atoms with E-state index in [4.69, 9.17) is 17.3 Å². The number of hydrogen-bond acceptors (Lipinski definition) is 2. The van der Waals surface area contributed by atoms with E-state index < -0.39 is 0 Å². The van der Waals surface area contributed by atoms with E-state index in [1.807, 2.05) is 11.8 Å². The molecular formula is C13H20ClNS. The summed E-state index contributed by atoms with van der Waals surface area (Å²) in [6.45, 7) is 5.15. The Balaban J connectivity index is 2.52. The van der Waals surface area contributed by atoms with Crippen molar-refractivity contribution >= 4 is 23.4 Å².